The van der Waals surface area contributed by atoms with Gasteiger partial charge >= 0.3 is 0 Å². The number of anilines is 1. The van der Waals surface area contributed by atoms with E-state index < -0.39 is 48.6 Å². The van der Waals surface area contributed by atoms with Crippen molar-refractivity contribution in [1.82, 2.24) is 4.72 Å². The van der Waals surface area contributed by atoms with E-state index in [0.29, 0.717) is 19.5 Å². The fourth-order valence-electron chi connectivity index (χ4n) is 3.73. The smallest absolute Gasteiger partial charge is 0.242 e. The number of nitrogens with zero attached hydrogens (tertiary/aromatic N) is 4. The molecule has 184 valence electrons. The second-order valence-electron chi connectivity index (χ2n) is 7.74. The predicted molar refractivity (Wildman–Crippen MR) is 120 cm³/mol. The summed E-state index contributed by atoms with van der Waals surface area (Å²) in [5.74, 6) is -0.216. The van der Waals surface area contributed by atoms with Crippen LogP contribution in [0.15, 0.2) is 37.1 Å². The zero-order valence-corrected chi connectivity index (χ0v) is 19.3. The van der Waals surface area contributed by atoms with Gasteiger partial charge in [0, 0.05) is 37.8 Å². The molecule has 0 saturated carbocycles. The lowest BCUT2D eigenvalue weighted by Gasteiger charge is -2.38. The Kier molecular flexibility index (Phi) is 7.80. The van der Waals surface area contributed by atoms with Gasteiger partial charge in [-0.1, -0.05) is 0 Å². The van der Waals surface area contributed by atoms with Crippen LogP contribution in [-0.4, -0.2) is 84.5 Å². The molecule has 0 bridgehead atoms. The lowest BCUT2D eigenvalue weighted by atomic mass is 9.93. The molecule has 1 aromatic rings. The molecule has 2 aliphatic heterocycles. The van der Waals surface area contributed by atoms with Crippen LogP contribution in [0.5, 0.6) is 0 Å². The number of nitrogens with one attached hydrogen (secondary N) is 1. The summed E-state index contributed by atoms with van der Waals surface area (Å²) in [7, 11) is -9.06. The minimum Gasteiger partial charge on any atom is -0.391 e. The van der Waals surface area contributed by atoms with E-state index in [1.54, 1.807) is 4.90 Å². The monoisotopic (exact) mass is 504 g/mol. The Morgan fingerprint density at radius 1 is 1.24 bits per heavy atom. The van der Waals surface area contributed by atoms with Crippen LogP contribution >= 0.6 is 0 Å². The van der Waals surface area contributed by atoms with Crippen LogP contribution < -0.4 is 26.2 Å². The third-order valence-corrected chi connectivity index (χ3v) is 8.08. The first-order valence-corrected chi connectivity index (χ1v) is 13.2. The van der Waals surface area contributed by atoms with Crippen molar-refractivity contribution in [3.05, 3.63) is 17.7 Å². The number of nitrogens with two attached hydrogens (primary N) is 3. The van der Waals surface area contributed by atoms with Gasteiger partial charge in [-0.05, 0) is 25.1 Å². The molecule has 14 nitrogen and oxygen atoms in total. The van der Waals surface area contributed by atoms with E-state index in [4.69, 9.17) is 16.6 Å². The summed E-state index contributed by atoms with van der Waals surface area (Å²) in [6.45, 7) is 0.160. The van der Waals surface area contributed by atoms with Crippen LogP contribution in [0, 0.1) is 5.92 Å². The summed E-state index contributed by atoms with van der Waals surface area (Å²) in [4.78, 5) is 4.45. The third kappa shape index (κ3) is 5.55. The topological polar surface area (TPSA) is 239 Å². The molecule has 0 radical (unpaired) electrons. The number of hydrogen-bond donors (Lipinski definition) is 6. The second-order valence-corrected chi connectivity index (χ2v) is 11.0. The number of hydrogen-bond acceptors (Lipinski definition) is 12. The zero-order chi connectivity index (χ0) is 24.4. The summed E-state index contributed by atoms with van der Waals surface area (Å²) in [6.07, 6.45) is -1.41. The van der Waals surface area contributed by atoms with E-state index in [1.165, 1.54) is 6.07 Å². The quantitative estimate of drug-likeness (QED) is 0.204. The molecule has 1 aromatic carbocycles. The maximum absolute atomic E-state index is 13.0. The van der Waals surface area contributed by atoms with Gasteiger partial charge in [0.2, 0.25) is 20.0 Å². The van der Waals surface area contributed by atoms with Gasteiger partial charge in [0.25, 0.3) is 0 Å². The number of aliphatic imine (C=N–C) groups is 1. The first kappa shape index (κ1) is 25.6. The Labute approximate surface area is 191 Å². The van der Waals surface area contributed by atoms with Crippen molar-refractivity contribution in [3.63, 3.8) is 0 Å². The van der Waals surface area contributed by atoms with Gasteiger partial charge < -0.3 is 26.6 Å². The predicted octanol–water partition coefficient (Wildman–Crippen LogP) is -2.75. The summed E-state index contributed by atoms with van der Waals surface area (Å²) in [6, 6.07) is 2.51. The molecule has 3 atom stereocenters. The van der Waals surface area contributed by atoms with Crippen molar-refractivity contribution >= 4 is 31.6 Å². The average Bonchev–Trinajstić information content (AvgIpc) is 3.30. The summed E-state index contributed by atoms with van der Waals surface area (Å²) < 4.78 is 53.4. The Hall–Kier alpha value is -2.05. The van der Waals surface area contributed by atoms with Crippen molar-refractivity contribution < 1.29 is 27.0 Å². The highest BCUT2D eigenvalue weighted by Crippen LogP contribution is 2.36. The number of rotatable bonds is 9. The third-order valence-electron chi connectivity index (χ3n) is 5.49. The number of amidine groups is 1. The summed E-state index contributed by atoms with van der Waals surface area (Å²) in [5.41, 5.74) is 11.2. The Morgan fingerprint density at radius 2 is 1.97 bits per heavy atom. The van der Waals surface area contributed by atoms with Crippen molar-refractivity contribution in [2.75, 3.05) is 44.3 Å². The van der Waals surface area contributed by atoms with Gasteiger partial charge in [0.1, 0.15) is 9.79 Å². The summed E-state index contributed by atoms with van der Waals surface area (Å²) in [5, 5.41) is 33.1. The fourth-order valence-corrected chi connectivity index (χ4v) is 6.39. The lowest BCUT2D eigenvalue weighted by molar-refractivity contribution is 0.0973. The standard InChI is InChI=1S/C17H28N8O6S2/c18-5-10-3-4-25(8-13(10)27)12-1-2-14(33(30,31)23-7-11(26)6-19)16(32(20,28)29)15(12)17-21-9-22-24-17/h1-2,10-11,13,23,26-27H,3-9,18-19H2,(H2,20,28,29)/t10-,11-,13+/m1/s1. The maximum atomic E-state index is 13.0. The number of β-amino-alcohol motifs (C(OH)–C–C–N with tert-alkyl or cyclic N) is 1. The van der Waals surface area contributed by atoms with Crippen molar-refractivity contribution in [2.24, 2.45) is 37.7 Å². The molecule has 0 aromatic heterocycles. The highest BCUT2D eigenvalue weighted by Gasteiger charge is 2.35. The number of azo groups is 1. The largest absolute Gasteiger partial charge is 0.391 e. The number of aliphatic hydroxyl groups is 2. The normalized spacial score (nSPS) is 22.5. The van der Waals surface area contributed by atoms with E-state index >= 15 is 0 Å². The van der Waals surface area contributed by atoms with Gasteiger partial charge in [-0.2, -0.15) is 5.11 Å². The number of sulfonamides is 2. The Morgan fingerprint density at radius 3 is 2.52 bits per heavy atom. The van der Waals surface area contributed by atoms with E-state index in [0.717, 1.165) is 6.07 Å². The highest BCUT2D eigenvalue weighted by atomic mass is 32.2. The van der Waals surface area contributed by atoms with E-state index in [2.05, 4.69) is 19.9 Å². The van der Waals surface area contributed by atoms with Gasteiger partial charge in [0.15, 0.2) is 12.5 Å². The Bertz CT molecular complexity index is 1150. The molecule has 3 rings (SSSR count). The minimum atomic E-state index is -4.62. The number of piperidine rings is 1. The van der Waals surface area contributed by atoms with E-state index in [-0.39, 0.29) is 42.8 Å². The molecule has 0 spiro atoms. The van der Waals surface area contributed by atoms with Gasteiger partial charge in [-0.25, -0.2) is 31.7 Å². The number of primary sulfonamides is 1. The molecule has 0 amide bonds. The molecule has 0 unspecified atom stereocenters. The molecule has 9 N–H and O–H groups in total. The number of aliphatic hydroxyl groups excluding tert-OH is 2. The van der Waals surface area contributed by atoms with E-state index in [9.17, 15) is 27.0 Å². The van der Waals surface area contributed by atoms with Gasteiger partial charge in [-0.15, -0.1) is 5.11 Å². The highest BCUT2D eigenvalue weighted by molar-refractivity contribution is 7.92. The fraction of sp³-hybridized carbons (Fsp3) is 0.588. The Balaban J connectivity index is 2.19. The van der Waals surface area contributed by atoms with Crippen molar-refractivity contribution in [3.8, 4) is 0 Å². The molecule has 33 heavy (non-hydrogen) atoms. The number of benzene rings is 1. The molecule has 2 aliphatic rings. The van der Waals surface area contributed by atoms with Crippen LogP contribution in [0.2, 0.25) is 0 Å². The van der Waals surface area contributed by atoms with Crippen LogP contribution in [0.25, 0.3) is 0 Å². The minimum absolute atomic E-state index is 0.0609. The molecule has 1 saturated heterocycles. The SMILES string of the molecule is NC[C@@H](O)CNS(=O)(=O)c1ccc(N2CC[C@H](CN)[C@@H](O)C2)c(C2=NCN=N2)c1S(N)(=O)=O. The van der Waals surface area contributed by atoms with E-state index in [1.807, 2.05) is 0 Å². The first-order valence-electron chi connectivity index (χ1n) is 10.1. The van der Waals surface area contributed by atoms with Crippen LogP contribution in [0.1, 0.15) is 12.0 Å². The van der Waals surface area contributed by atoms with Crippen LogP contribution in [0.3, 0.4) is 0 Å². The summed E-state index contributed by atoms with van der Waals surface area (Å²) >= 11 is 0. The van der Waals surface area contributed by atoms with Gasteiger partial charge in [-0.3, -0.25) is 0 Å². The lowest BCUT2D eigenvalue weighted by Crippen LogP contribution is -2.47. The average molecular weight is 505 g/mol. The van der Waals surface area contributed by atoms with Gasteiger partial charge in [0.05, 0.1) is 17.8 Å². The van der Waals surface area contributed by atoms with Crippen molar-refractivity contribution in [1.29, 1.82) is 0 Å². The second kappa shape index (κ2) is 10.1. The van der Waals surface area contributed by atoms with Crippen LogP contribution in [0.4, 0.5) is 5.69 Å². The molecule has 1 fully saturated rings. The first-order chi connectivity index (χ1) is 15.5. The zero-order valence-electron chi connectivity index (χ0n) is 17.7. The van der Waals surface area contributed by atoms with Crippen LogP contribution in [-0.2, 0) is 20.0 Å². The molecular weight excluding hydrogens is 476 g/mol. The molecular formula is C17H28N8O6S2. The molecule has 16 heteroatoms. The molecule has 0 aliphatic carbocycles. The molecule has 2 heterocycles. The maximum Gasteiger partial charge on any atom is 0.242 e. The van der Waals surface area contributed by atoms with Crippen molar-refractivity contribution in [2.45, 2.75) is 28.4 Å².